The van der Waals surface area contributed by atoms with E-state index in [1.165, 1.54) is 6.07 Å². The van der Waals surface area contributed by atoms with Crippen molar-refractivity contribution in [3.05, 3.63) is 54.7 Å². The van der Waals surface area contributed by atoms with Gasteiger partial charge in [0.1, 0.15) is 5.82 Å². The van der Waals surface area contributed by atoms with Gasteiger partial charge in [0.25, 0.3) is 0 Å². The Kier molecular flexibility index (Phi) is 3.87. The quantitative estimate of drug-likeness (QED) is 0.633. The molecule has 0 aliphatic rings. The van der Waals surface area contributed by atoms with Crippen LogP contribution in [0, 0.1) is 12.7 Å². The van der Waals surface area contributed by atoms with E-state index in [2.05, 4.69) is 20.4 Å². The smallest absolute Gasteiger partial charge is 0.123 e. The molecule has 0 saturated carbocycles. The number of hydrogen-bond donors (Lipinski definition) is 0. The van der Waals surface area contributed by atoms with Crippen LogP contribution in [0.5, 0.6) is 0 Å². The van der Waals surface area contributed by atoms with Crippen LogP contribution < -0.4 is 0 Å². The molecule has 0 saturated heterocycles. The van der Waals surface area contributed by atoms with Crippen molar-refractivity contribution < 1.29 is 4.39 Å². The summed E-state index contributed by atoms with van der Waals surface area (Å²) in [6, 6.07) is 5.12. The lowest BCUT2D eigenvalue weighted by atomic mass is 9.97. The summed E-state index contributed by atoms with van der Waals surface area (Å²) < 4.78 is 13.2. The van der Waals surface area contributed by atoms with Crippen LogP contribution in [0.25, 0.3) is 0 Å². The number of hydrogen-bond acceptors (Lipinski definition) is 0. The molecule has 1 aromatic carbocycles. The second kappa shape index (κ2) is 4.94. The average Bonchev–Trinajstić information content (AvgIpc) is 2.16. The van der Waals surface area contributed by atoms with Gasteiger partial charge in [-0.3, -0.25) is 0 Å². The molecule has 1 rings (SSSR count). The molecule has 0 aliphatic carbocycles. The number of halogens is 1. The Labute approximate surface area is 85.5 Å². The summed E-state index contributed by atoms with van der Waals surface area (Å²) in [5.74, 6) is -0.206. The highest BCUT2D eigenvalue weighted by atomic mass is 19.1. The summed E-state index contributed by atoms with van der Waals surface area (Å²) >= 11 is 0. The molecule has 1 unspecified atom stereocenters. The van der Waals surface area contributed by atoms with Gasteiger partial charge in [-0.15, -0.1) is 6.58 Å². The molecular formula is C13H16F. The molecule has 0 aliphatic heterocycles. The molecule has 0 N–H and O–H groups in total. The van der Waals surface area contributed by atoms with Crippen molar-refractivity contribution in [2.24, 2.45) is 0 Å². The van der Waals surface area contributed by atoms with E-state index in [4.69, 9.17) is 0 Å². The summed E-state index contributed by atoms with van der Waals surface area (Å²) in [5, 5.41) is 0. The minimum atomic E-state index is -0.179. The molecule has 0 spiro atoms. The minimum Gasteiger partial charge on any atom is -0.207 e. The first-order valence-corrected chi connectivity index (χ1v) is 4.92. The van der Waals surface area contributed by atoms with Crippen LogP contribution in [0.3, 0.4) is 0 Å². The molecule has 1 heteroatoms. The summed E-state index contributed by atoms with van der Waals surface area (Å²) in [6.07, 6.45) is 3.66. The molecule has 0 heterocycles. The normalized spacial score (nSPS) is 12.5. The number of rotatable bonds is 4. The van der Waals surface area contributed by atoms with Crippen LogP contribution in [-0.2, 0) is 6.42 Å². The Morgan fingerprint density at radius 3 is 2.71 bits per heavy atom. The Morgan fingerprint density at radius 1 is 1.43 bits per heavy atom. The number of aryl methyl sites for hydroxylation is 1. The van der Waals surface area contributed by atoms with Gasteiger partial charge >= 0.3 is 0 Å². The maximum atomic E-state index is 13.2. The predicted molar refractivity (Wildman–Crippen MR) is 58.7 cm³/mol. The van der Waals surface area contributed by atoms with Gasteiger partial charge in [0.15, 0.2) is 0 Å². The van der Waals surface area contributed by atoms with E-state index < -0.39 is 0 Å². The van der Waals surface area contributed by atoms with E-state index >= 15 is 0 Å². The first kappa shape index (κ1) is 11.0. The Morgan fingerprint density at radius 2 is 2.14 bits per heavy atom. The molecule has 0 bridgehead atoms. The largest absolute Gasteiger partial charge is 0.207 e. The first-order valence-electron chi connectivity index (χ1n) is 4.92. The molecule has 0 amide bonds. The van der Waals surface area contributed by atoms with Crippen molar-refractivity contribution >= 4 is 0 Å². The molecule has 1 atom stereocenters. The van der Waals surface area contributed by atoms with Gasteiger partial charge < -0.3 is 0 Å². The average molecular weight is 191 g/mol. The lowest BCUT2D eigenvalue weighted by Crippen LogP contribution is -1.94. The molecule has 14 heavy (non-hydrogen) atoms. The van der Waals surface area contributed by atoms with Gasteiger partial charge in [-0.25, -0.2) is 4.39 Å². The zero-order valence-electron chi connectivity index (χ0n) is 8.59. The fourth-order valence-corrected chi connectivity index (χ4v) is 1.46. The van der Waals surface area contributed by atoms with Crippen molar-refractivity contribution in [3.8, 4) is 0 Å². The highest BCUT2D eigenvalue weighted by Crippen LogP contribution is 2.19. The number of allylic oxidation sites excluding steroid dienone is 1. The van der Waals surface area contributed by atoms with Crippen molar-refractivity contribution in [1.82, 2.24) is 0 Å². The Hall–Kier alpha value is -1.11. The Balaban J connectivity index is 3.00. The molecule has 75 valence electrons. The summed E-state index contributed by atoms with van der Waals surface area (Å²) in [5.41, 5.74) is 1.95. The van der Waals surface area contributed by atoms with Gasteiger partial charge in [0, 0.05) is 5.92 Å². The molecular weight excluding hydrogens is 175 g/mol. The first-order chi connectivity index (χ1) is 6.67. The SMILES string of the molecule is [CH2]C(C=C)c1cc(F)cc(CCC)c1. The minimum absolute atomic E-state index is 0.0266. The zero-order chi connectivity index (χ0) is 10.6. The molecule has 0 aromatic heterocycles. The van der Waals surface area contributed by atoms with Crippen molar-refractivity contribution in [1.29, 1.82) is 0 Å². The van der Waals surface area contributed by atoms with E-state index in [0.29, 0.717) is 0 Å². The van der Waals surface area contributed by atoms with Crippen LogP contribution >= 0.6 is 0 Å². The standard InChI is InChI=1S/C13H16F/c1-4-6-11-7-12(10(3)5-2)9-13(14)8-11/h5,7-10H,2-4,6H2,1H3. The highest BCUT2D eigenvalue weighted by molar-refractivity contribution is 5.30. The van der Waals surface area contributed by atoms with Gasteiger partial charge in [-0.1, -0.05) is 25.5 Å². The van der Waals surface area contributed by atoms with E-state index in [1.807, 2.05) is 6.07 Å². The highest BCUT2D eigenvalue weighted by Gasteiger charge is 2.04. The molecule has 0 fully saturated rings. The predicted octanol–water partition coefficient (Wildman–Crippen LogP) is 3.88. The number of benzene rings is 1. The lowest BCUT2D eigenvalue weighted by Gasteiger charge is -2.08. The van der Waals surface area contributed by atoms with E-state index in [-0.39, 0.29) is 11.7 Å². The second-order valence-corrected chi connectivity index (χ2v) is 3.49. The molecule has 1 aromatic rings. The maximum absolute atomic E-state index is 13.2. The van der Waals surface area contributed by atoms with E-state index in [9.17, 15) is 4.39 Å². The van der Waals surface area contributed by atoms with Gasteiger partial charge in [0.05, 0.1) is 0 Å². The van der Waals surface area contributed by atoms with Gasteiger partial charge in [0.2, 0.25) is 0 Å². The molecule has 1 radical (unpaired) electrons. The van der Waals surface area contributed by atoms with Crippen molar-refractivity contribution in [3.63, 3.8) is 0 Å². The monoisotopic (exact) mass is 191 g/mol. The van der Waals surface area contributed by atoms with Crippen LogP contribution in [0.4, 0.5) is 4.39 Å². The summed E-state index contributed by atoms with van der Waals surface area (Å²) in [6.45, 7) is 9.62. The fourth-order valence-electron chi connectivity index (χ4n) is 1.46. The van der Waals surface area contributed by atoms with Crippen LogP contribution in [0.1, 0.15) is 30.4 Å². The third-order valence-electron chi connectivity index (χ3n) is 2.23. The third kappa shape index (κ3) is 2.69. The van der Waals surface area contributed by atoms with Crippen LogP contribution in [0.2, 0.25) is 0 Å². The second-order valence-electron chi connectivity index (χ2n) is 3.49. The lowest BCUT2D eigenvalue weighted by molar-refractivity contribution is 0.622. The van der Waals surface area contributed by atoms with Crippen molar-refractivity contribution in [2.75, 3.05) is 0 Å². The van der Waals surface area contributed by atoms with Gasteiger partial charge in [-0.05, 0) is 36.6 Å². The summed E-state index contributed by atoms with van der Waals surface area (Å²) in [4.78, 5) is 0. The van der Waals surface area contributed by atoms with Gasteiger partial charge in [-0.2, -0.15) is 0 Å². The fraction of sp³-hybridized carbons (Fsp3) is 0.308. The maximum Gasteiger partial charge on any atom is 0.123 e. The summed E-state index contributed by atoms with van der Waals surface area (Å²) in [7, 11) is 0. The molecule has 0 nitrogen and oxygen atoms in total. The Bertz CT molecular complexity index is 315. The third-order valence-corrected chi connectivity index (χ3v) is 2.23. The van der Waals surface area contributed by atoms with Crippen LogP contribution in [-0.4, -0.2) is 0 Å². The topological polar surface area (TPSA) is 0 Å². The van der Waals surface area contributed by atoms with Crippen molar-refractivity contribution in [2.45, 2.75) is 25.7 Å². The zero-order valence-corrected chi connectivity index (χ0v) is 8.59. The van der Waals surface area contributed by atoms with Crippen LogP contribution in [0.15, 0.2) is 30.9 Å². The van der Waals surface area contributed by atoms with E-state index in [0.717, 1.165) is 24.0 Å². The van der Waals surface area contributed by atoms with E-state index in [1.54, 1.807) is 12.1 Å².